The lowest BCUT2D eigenvalue weighted by atomic mass is 10.2. The molecule has 1 aromatic rings. The van der Waals surface area contributed by atoms with Crippen molar-refractivity contribution in [3.05, 3.63) is 35.4 Å². The van der Waals surface area contributed by atoms with Crippen LogP contribution in [0.15, 0.2) is 18.2 Å². The molecule has 11 heavy (non-hydrogen) atoms. The van der Waals surface area contributed by atoms with E-state index in [1.165, 1.54) is 6.07 Å². The van der Waals surface area contributed by atoms with Crippen LogP contribution in [0.25, 0.3) is 4.85 Å². The number of hydrogen-bond donors (Lipinski definition) is 1. The van der Waals surface area contributed by atoms with E-state index in [4.69, 9.17) is 6.57 Å². The predicted molar refractivity (Wildman–Crippen MR) is 42.2 cm³/mol. The lowest BCUT2D eigenvalue weighted by molar-refractivity contribution is 0.634. The smallest absolute Gasteiger partial charge is 0.244 e. The van der Waals surface area contributed by atoms with Crippen LogP contribution in [0.3, 0.4) is 0 Å². The Hall–Kier alpha value is -1.56. The lowest BCUT2D eigenvalue weighted by Gasteiger charge is -2.01. The molecule has 0 amide bonds. The van der Waals surface area contributed by atoms with E-state index < -0.39 is 5.82 Å². The Kier molecular flexibility index (Phi) is 2.07. The van der Waals surface area contributed by atoms with Crippen LogP contribution >= 0.6 is 0 Å². The van der Waals surface area contributed by atoms with E-state index in [-0.39, 0.29) is 5.69 Å². The van der Waals surface area contributed by atoms with Crippen molar-refractivity contribution in [2.24, 2.45) is 0 Å². The Balaban J connectivity index is 3.27. The quantitative estimate of drug-likeness (QED) is 0.608. The SMILES string of the molecule is [C-]#[N+]c1c(F)cccc1NC. The summed E-state index contributed by atoms with van der Waals surface area (Å²) >= 11 is 0. The molecule has 0 heterocycles. The summed E-state index contributed by atoms with van der Waals surface area (Å²) in [5.41, 5.74) is 0.579. The highest BCUT2D eigenvalue weighted by atomic mass is 19.1. The molecule has 0 bridgehead atoms. The fourth-order valence-electron chi connectivity index (χ4n) is 0.831. The Labute approximate surface area is 64.5 Å². The highest BCUT2D eigenvalue weighted by Gasteiger charge is 2.04. The molecule has 0 aliphatic heterocycles. The second kappa shape index (κ2) is 3.02. The van der Waals surface area contributed by atoms with Gasteiger partial charge in [0.15, 0.2) is 0 Å². The Morgan fingerprint density at radius 3 is 2.73 bits per heavy atom. The number of nitrogens with one attached hydrogen (secondary N) is 1. The van der Waals surface area contributed by atoms with E-state index in [1.807, 2.05) is 0 Å². The summed E-state index contributed by atoms with van der Waals surface area (Å²) in [7, 11) is 1.66. The maximum absolute atomic E-state index is 12.8. The van der Waals surface area contributed by atoms with Gasteiger partial charge in [-0.25, -0.2) is 9.24 Å². The predicted octanol–water partition coefficient (Wildman–Crippen LogP) is 2.42. The van der Waals surface area contributed by atoms with Crippen molar-refractivity contribution < 1.29 is 4.39 Å². The number of halogens is 1. The summed E-state index contributed by atoms with van der Waals surface area (Å²) in [6.45, 7) is 6.67. The highest BCUT2D eigenvalue weighted by molar-refractivity contribution is 5.69. The first-order valence-electron chi connectivity index (χ1n) is 3.13. The summed E-state index contributed by atoms with van der Waals surface area (Å²) < 4.78 is 12.8. The summed E-state index contributed by atoms with van der Waals surface area (Å²) in [4.78, 5) is 3.05. The minimum atomic E-state index is -0.480. The first-order valence-corrected chi connectivity index (χ1v) is 3.13. The van der Waals surface area contributed by atoms with E-state index in [9.17, 15) is 4.39 Å². The van der Waals surface area contributed by atoms with Crippen LogP contribution in [0.1, 0.15) is 0 Å². The van der Waals surface area contributed by atoms with E-state index >= 15 is 0 Å². The van der Waals surface area contributed by atoms with Gasteiger partial charge in [-0.15, -0.1) is 0 Å². The molecule has 0 saturated carbocycles. The average Bonchev–Trinajstić information content (AvgIpc) is 2.04. The molecular formula is C8H7FN2. The molecular weight excluding hydrogens is 143 g/mol. The van der Waals surface area contributed by atoms with Gasteiger partial charge in [-0.05, 0) is 12.1 Å². The van der Waals surface area contributed by atoms with Gasteiger partial charge in [-0.1, -0.05) is 6.07 Å². The molecule has 3 heteroatoms. The summed E-state index contributed by atoms with van der Waals surface area (Å²) in [6.07, 6.45) is 0. The van der Waals surface area contributed by atoms with Gasteiger partial charge in [0.25, 0.3) is 0 Å². The number of para-hydroxylation sites is 1. The van der Waals surface area contributed by atoms with E-state index in [2.05, 4.69) is 10.2 Å². The number of hydrogen-bond acceptors (Lipinski definition) is 1. The van der Waals surface area contributed by atoms with Gasteiger partial charge in [0.2, 0.25) is 5.69 Å². The third-order valence-corrected chi connectivity index (χ3v) is 1.37. The fraction of sp³-hybridized carbons (Fsp3) is 0.125. The van der Waals surface area contributed by atoms with Gasteiger partial charge in [0.05, 0.1) is 6.57 Å². The Bertz CT molecular complexity index is 301. The number of benzene rings is 1. The molecule has 0 aromatic heterocycles. The van der Waals surface area contributed by atoms with E-state index in [0.717, 1.165) is 0 Å². The lowest BCUT2D eigenvalue weighted by Crippen LogP contribution is -1.88. The number of nitrogens with zero attached hydrogens (tertiary/aromatic N) is 1. The molecule has 0 fully saturated rings. The zero-order chi connectivity index (χ0) is 8.27. The minimum Gasteiger partial charge on any atom is -0.397 e. The third kappa shape index (κ3) is 1.30. The van der Waals surface area contributed by atoms with Crippen LogP contribution < -0.4 is 5.32 Å². The maximum atomic E-state index is 12.8. The number of rotatable bonds is 1. The van der Waals surface area contributed by atoms with Crippen LogP contribution in [0, 0.1) is 12.4 Å². The molecule has 56 valence electrons. The van der Waals surface area contributed by atoms with Crippen LogP contribution in [-0.4, -0.2) is 7.05 Å². The normalized spacial score (nSPS) is 8.82. The van der Waals surface area contributed by atoms with Crippen molar-refractivity contribution in [3.8, 4) is 0 Å². The van der Waals surface area contributed by atoms with Crippen LogP contribution in [-0.2, 0) is 0 Å². The molecule has 0 saturated heterocycles. The molecule has 2 nitrogen and oxygen atoms in total. The van der Waals surface area contributed by atoms with Gasteiger partial charge in [0, 0.05) is 12.7 Å². The zero-order valence-electron chi connectivity index (χ0n) is 6.06. The first kappa shape index (κ1) is 7.55. The molecule has 0 atom stereocenters. The van der Waals surface area contributed by atoms with Crippen LogP contribution in [0.5, 0.6) is 0 Å². The van der Waals surface area contributed by atoms with Gasteiger partial charge in [-0.3, -0.25) is 0 Å². The maximum Gasteiger partial charge on any atom is 0.244 e. The van der Waals surface area contributed by atoms with Crippen molar-refractivity contribution in [3.63, 3.8) is 0 Å². The topological polar surface area (TPSA) is 16.4 Å². The van der Waals surface area contributed by atoms with Crippen molar-refractivity contribution in [2.45, 2.75) is 0 Å². The average molecular weight is 150 g/mol. The highest BCUT2D eigenvalue weighted by Crippen LogP contribution is 2.27. The Morgan fingerprint density at radius 1 is 1.55 bits per heavy atom. The molecule has 0 aliphatic carbocycles. The molecule has 0 radical (unpaired) electrons. The third-order valence-electron chi connectivity index (χ3n) is 1.37. The van der Waals surface area contributed by atoms with Crippen LogP contribution in [0.2, 0.25) is 0 Å². The Morgan fingerprint density at radius 2 is 2.27 bits per heavy atom. The van der Waals surface area contributed by atoms with E-state index in [0.29, 0.717) is 5.69 Å². The largest absolute Gasteiger partial charge is 0.397 e. The molecule has 1 rings (SSSR count). The molecule has 0 aliphatic rings. The first-order chi connectivity index (χ1) is 5.29. The van der Waals surface area contributed by atoms with Crippen LogP contribution in [0.4, 0.5) is 15.8 Å². The summed E-state index contributed by atoms with van der Waals surface area (Å²) in [5, 5.41) is 2.73. The zero-order valence-corrected chi connectivity index (χ0v) is 6.06. The van der Waals surface area contributed by atoms with Gasteiger partial charge in [0.1, 0.15) is 5.82 Å². The van der Waals surface area contributed by atoms with Gasteiger partial charge in [-0.2, -0.15) is 0 Å². The van der Waals surface area contributed by atoms with Gasteiger partial charge >= 0.3 is 0 Å². The van der Waals surface area contributed by atoms with Crippen molar-refractivity contribution in [1.82, 2.24) is 0 Å². The second-order valence-electron chi connectivity index (χ2n) is 2.00. The van der Waals surface area contributed by atoms with Crippen molar-refractivity contribution in [1.29, 1.82) is 0 Å². The molecule has 1 N–H and O–H groups in total. The standard InChI is InChI=1S/C8H7FN2/c1-10-7-5-3-4-6(9)8(7)11-2/h3-5,10H,1H3. The summed E-state index contributed by atoms with van der Waals surface area (Å²) in [5.74, 6) is -0.480. The van der Waals surface area contributed by atoms with Crippen molar-refractivity contribution in [2.75, 3.05) is 12.4 Å². The molecule has 0 spiro atoms. The number of anilines is 1. The van der Waals surface area contributed by atoms with Crippen molar-refractivity contribution >= 4 is 11.4 Å². The fourth-order valence-corrected chi connectivity index (χ4v) is 0.831. The monoisotopic (exact) mass is 150 g/mol. The summed E-state index contributed by atoms with van der Waals surface area (Å²) in [6, 6.07) is 4.50. The minimum absolute atomic E-state index is 0.0509. The van der Waals surface area contributed by atoms with E-state index in [1.54, 1.807) is 19.2 Å². The second-order valence-corrected chi connectivity index (χ2v) is 2.00. The van der Waals surface area contributed by atoms with Gasteiger partial charge < -0.3 is 5.32 Å². The molecule has 1 aromatic carbocycles. The molecule has 0 unspecified atom stereocenters.